The Labute approximate surface area is 163 Å². The predicted molar refractivity (Wildman–Crippen MR) is 102 cm³/mol. The second kappa shape index (κ2) is 7.01. The lowest BCUT2D eigenvalue weighted by molar-refractivity contribution is -0.138. The van der Waals surface area contributed by atoms with Crippen molar-refractivity contribution in [2.75, 3.05) is 13.1 Å². The summed E-state index contributed by atoms with van der Waals surface area (Å²) < 4.78 is 27.1. The standard InChI is InChI=1S/C18H24N4O3S2/c1-21-13-19-20-17(21)27(24,25)14-6-10-22(11-7-14)16(23)18(8-2-3-9-18)15-5-4-12-26-15/h4-5,12-14H,2-3,6-11H2,1H3. The van der Waals surface area contributed by atoms with E-state index in [9.17, 15) is 13.2 Å². The van der Waals surface area contributed by atoms with Crippen molar-refractivity contribution < 1.29 is 13.2 Å². The normalized spacial score (nSPS) is 20.9. The Morgan fingerprint density at radius 2 is 1.96 bits per heavy atom. The summed E-state index contributed by atoms with van der Waals surface area (Å²) in [4.78, 5) is 16.5. The average Bonchev–Trinajstić information content (AvgIpc) is 3.42. The summed E-state index contributed by atoms with van der Waals surface area (Å²) in [5.74, 6) is 0.178. The number of thiophene rings is 1. The average molecular weight is 409 g/mol. The SMILES string of the molecule is Cn1cnnc1S(=O)(=O)C1CCN(C(=O)C2(c3cccs3)CCCC2)CC1. The molecule has 0 atom stereocenters. The minimum atomic E-state index is -3.52. The van der Waals surface area contributed by atoms with Gasteiger partial charge in [-0.25, -0.2) is 8.42 Å². The molecule has 2 aliphatic rings. The fourth-order valence-electron chi connectivity index (χ4n) is 4.45. The number of hydrogen-bond acceptors (Lipinski definition) is 6. The van der Waals surface area contributed by atoms with Gasteiger partial charge >= 0.3 is 0 Å². The van der Waals surface area contributed by atoms with Crippen LogP contribution in [-0.2, 0) is 27.1 Å². The second-order valence-corrected chi connectivity index (χ2v) is 10.6. The lowest BCUT2D eigenvalue weighted by Gasteiger charge is -2.37. The first kappa shape index (κ1) is 18.6. The highest BCUT2D eigenvalue weighted by molar-refractivity contribution is 7.91. The molecule has 7 nitrogen and oxygen atoms in total. The summed E-state index contributed by atoms with van der Waals surface area (Å²) in [5, 5.41) is 8.99. The quantitative estimate of drug-likeness (QED) is 0.774. The van der Waals surface area contributed by atoms with Crippen LogP contribution in [0, 0.1) is 0 Å². The molecule has 0 aromatic carbocycles. The van der Waals surface area contributed by atoms with Crippen LogP contribution in [0.4, 0.5) is 0 Å². The van der Waals surface area contributed by atoms with Crippen molar-refractivity contribution in [3.63, 3.8) is 0 Å². The summed E-state index contributed by atoms with van der Waals surface area (Å²) in [5.41, 5.74) is -0.399. The van der Waals surface area contributed by atoms with E-state index in [0.717, 1.165) is 30.6 Å². The van der Waals surface area contributed by atoms with Crippen LogP contribution < -0.4 is 0 Å². The molecule has 0 bridgehead atoms. The van der Waals surface area contributed by atoms with Gasteiger partial charge in [0.1, 0.15) is 6.33 Å². The van der Waals surface area contributed by atoms with Crippen molar-refractivity contribution in [3.05, 3.63) is 28.7 Å². The highest BCUT2D eigenvalue weighted by Gasteiger charge is 2.47. The Hall–Kier alpha value is -1.74. The molecular formula is C18H24N4O3S2. The van der Waals surface area contributed by atoms with Gasteiger partial charge in [-0.3, -0.25) is 4.79 Å². The van der Waals surface area contributed by atoms with Crippen molar-refractivity contribution in [2.24, 2.45) is 7.05 Å². The van der Waals surface area contributed by atoms with Gasteiger partial charge in [0.2, 0.25) is 20.9 Å². The third kappa shape index (κ3) is 3.10. The monoisotopic (exact) mass is 408 g/mol. The van der Waals surface area contributed by atoms with Gasteiger partial charge in [-0.2, -0.15) is 0 Å². The Kier molecular flexibility index (Phi) is 4.84. The summed E-state index contributed by atoms with van der Waals surface area (Å²) in [6.45, 7) is 0.960. The molecule has 0 radical (unpaired) electrons. The van der Waals surface area contributed by atoms with Crippen molar-refractivity contribution in [1.29, 1.82) is 0 Å². The first-order valence-corrected chi connectivity index (χ1v) is 11.8. The van der Waals surface area contributed by atoms with Crippen molar-refractivity contribution in [2.45, 2.75) is 54.3 Å². The molecule has 0 unspecified atom stereocenters. The molecule has 3 heterocycles. The number of carbonyl (C=O) groups excluding carboxylic acids is 1. The molecule has 2 fully saturated rings. The van der Waals surface area contributed by atoms with Gasteiger partial charge in [0.05, 0.1) is 10.7 Å². The fourth-order valence-corrected chi connectivity index (χ4v) is 7.16. The molecule has 1 saturated carbocycles. The van der Waals surface area contributed by atoms with E-state index in [4.69, 9.17) is 0 Å². The number of aromatic nitrogens is 3. The molecule has 9 heteroatoms. The number of aryl methyl sites for hydroxylation is 1. The Bertz CT molecular complexity index is 906. The molecule has 0 spiro atoms. The van der Waals surface area contributed by atoms with E-state index in [2.05, 4.69) is 16.3 Å². The number of nitrogens with zero attached hydrogens (tertiary/aromatic N) is 4. The van der Waals surface area contributed by atoms with Gasteiger partial charge in [-0.1, -0.05) is 18.9 Å². The second-order valence-electron chi connectivity index (χ2n) is 7.53. The highest BCUT2D eigenvalue weighted by atomic mass is 32.2. The van der Waals surface area contributed by atoms with Crippen molar-refractivity contribution in [1.82, 2.24) is 19.7 Å². The van der Waals surface area contributed by atoms with Crippen LogP contribution in [0.1, 0.15) is 43.4 Å². The van der Waals surface area contributed by atoms with Crippen LogP contribution in [-0.4, -0.2) is 52.3 Å². The van der Waals surface area contributed by atoms with Crippen LogP contribution in [0.5, 0.6) is 0 Å². The lowest BCUT2D eigenvalue weighted by atomic mass is 9.82. The highest BCUT2D eigenvalue weighted by Crippen LogP contribution is 2.45. The van der Waals surface area contributed by atoms with Crippen LogP contribution in [0.2, 0.25) is 0 Å². The van der Waals surface area contributed by atoms with Gasteiger partial charge < -0.3 is 9.47 Å². The fraction of sp³-hybridized carbons (Fsp3) is 0.611. The minimum Gasteiger partial charge on any atom is -0.342 e. The van der Waals surface area contributed by atoms with Gasteiger partial charge in [0, 0.05) is 25.0 Å². The first-order chi connectivity index (χ1) is 12.9. The summed E-state index contributed by atoms with van der Waals surface area (Å²) >= 11 is 1.65. The topological polar surface area (TPSA) is 85.2 Å². The molecule has 2 aromatic rings. The number of hydrogen-bond donors (Lipinski definition) is 0. The van der Waals surface area contributed by atoms with E-state index < -0.39 is 20.5 Å². The Morgan fingerprint density at radius 1 is 1.26 bits per heavy atom. The van der Waals surface area contributed by atoms with Gasteiger partial charge in [-0.15, -0.1) is 21.5 Å². The van der Waals surface area contributed by atoms with E-state index in [1.54, 1.807) is 18.4 Å². The Balaban J connectivity index is 1.49. The molecule has 4 rings (SSSR count). The van der Waals surface area contributed by atoms with Crippen molar-refractivity contribution in [3.8, 4) is 0 Å². The minimum absolute atomic E-state index is 0.0122. The van der Waals surface area contributed by atoms with E-state index >= 15 is 0 Å². The van der Waals surface area contributed by atoms with Crippen LogP contribution >= 0.6 is 11.3 Å². The molecule has 2 aromatic heterocycles. The van der Waals surface area contributed by atoms with Crippen LogP contribution in [0.15, 0.2) is 29.0 Å². The molecule has 0 N–H and O–H groups in total. The number of carbonyl (C=O) groups is 1. The maximum absolute atomic E-state index is 13.4. The van der Waals surface area contributed by atoms with Gasteiger partial charge in [-0.05, 0) is 37.1 Å². The first-order valence-electron chi connectivity index (χ1n) is 9.36. The third-order valence-electron chi connectivity index (χ3n) is 5.95. The zero-order valence-corrected chi connectivity index (χ0v) is 17.0. The van der Waals surface area contributed by atoms with E-state index in [-0.39, 0.29) is 11.1 Å². The molecular weight excluding hydrogens is 384 g/mol. The number of sulfone groups is 1. The largest absolute Gasteiger partial charge is 0.342 e. The number of rotatable bonds is 4. The van der Waals surface area contributed by atoms with E-state index in [1.165, 1.54) is 10.9 Å². The van der Waals surface area contributed by atoms with Gasteiger partial charge in [0.15, 0.2) is 0 Å². The summed E-state index contributed by atoms with van der Waals surface area (Å²) in [6, 6.07) is 4.08. The maximum Gasteiger partial charge on any atom is 0.249 e. The predicted octanol–water partition coefficient (Wildman–Crippen LogP) is 2.15. The number of amides is 1. The zero-order chi connectivity index (χ0) is 19.1. The molecule has 1 amide bonds. The number of likely N-dealkylation sites (tertiary alicyclic amines) is 1. The molecule has 1 aliphatic carbocycles. The van der Waals surface area contributed by atoms with Gasteiger partial charge in [0.25, 0.3) is 0 Å². The van der Waals surface area contributed by atoms with Crippen molar-refractivity contribution >= 4 is 27.1 Å². The third-order valence-corrected chi connectivity index (χ3v) is 9.25. The lowest BCUT2D eigenvalue weighted by Crippen LogP contribution is -2.50. The molecule has 27 heavy (non-hydrogen) atoms. The number of piperidine rings is 1. The summed E-state index contributed by atoms with van der Waals surface area (Å²) in [7, 11) is -1.89. The smallest absolute Gasteiger partial charge is 0.249 e. The molecule has 1 aliphatic heterocycles. The molecule has 1 saturated heterocycles. The maximum atomic E-state index is 13.4. The van der Waals surface area contributed by atoms with E-state index in [1.807, 2.05) is 16.3 Å². The molecule has 146 valence electrons. The zero-order valence-electron chi connectivity index (χ0n) is 15.4. The van der Waals surface area contributed by atoms with Crippen LogP contribution in [0.3, 0.4) is 0 Å². The Morgan fingerprint density at radius 3 is 2.52 bits per heavy atom. The van der Waals surface area contributed by atoms with E-state index in [0.29, 0.717) is 25.9 Å². The summed E-state index contributed by atoms with van der Waals surface area (Å²) in [6.07, 6.45) is 6.22. The van der Waals surface area contributed by atoms with Crippen LogP contribution in [0.25, 0.3) is 0 Å².